The van der Waals surface area contributed by atoms with Gasteiger partial charge in [-0.3, -0.25) is 33.6 Å². The summed E-state index contributed by atoms with van der Waals surface area (Å²) >= 11 is 0. The summed E-state index contributed by atoms with van der Waals surface area (Å²) in [6.45, 7) is 12.5. The standard InChI is InChI=1S/C56H83NO22/c1-12-13-14-15-16-17-18-19-20-21-22-23-27-30-43(75-52(65)41-28-25-24-26-29-41)42(57-55(66)79-56(9,10)11)31-69-53-50(73-39(7)63)49(72-38(6)62)47(45(76-53)33-68-35(3)59)78-54-51(74-40(8)64)48(71-37(5)61)46(70-36(4)60)44(77-54)32-67-34(2)58/h24-30,42-51,53-54H,12-23,31-33H2,1-11H3,(H,57,66)/b30-27+/t42-,43+,44+,45+,46-,47+,48-,49-,50+,51+,53+,54-/m0/s1. The maximum Gasteiger partial charge on any atom is 0.408 e. The zero-order chi connectivity index (χ0) is 58.7. The Hall–Kier alpha value is -6.17. The van der Waals surface area contributed by atoms with Gasteiger partial charge in [0.1, 0.15) is 43.2 Å². The fourth-order valence-electron chi connectivity index (χ4n) is 8.66. The molecule has 1 amide bonds. The molecule has 2 aliphatic heterocycles. The van der Waals surface area contributed by atoms with Crippen LogP contribution in [0, 0.1) is 0 Å². The highest BCUT2D eigenvalue weighted by molar-refractivity contribution is 5.89. The summed E-state index contributed by atoms with van der Waals surface area (Å²) in [6, 6.07) is 6.87. The molecule has 1 aromatic carbocycles. The number of carbonyl (C=O) groups excluding carboxylic acids is 9. The molecular formula is C56H83NO22. The lowest BCUT2D eigenvalue weighted by atomic mass is 9.96. The molecule has 0 radical (unpaired) electrons. The topological polar surface area (TPSA) is 286 Å². The van der Waals surface area contributed by atoms with E-state index >= 15 is 0 Å². The van der Waals surface area contributed by atoms with Crippen LogP contribution >= 0.6 is 0 Å². The van der Waals surface area contributed by atoms with Gasteiger partial charge in [-0.15, -0.1) is 0 Å². The number of esters is 8. The van der Waals surface area contributed by atoms with Crippen molar-refractivity contribution in [1.82, 2.24) is 5.32 Å². The number of hydrogen-bond acceptors (Lipinski definition) is 22. The number of benzene rings is 1. The Morgan fingerprint density at radius 1 is 0.557 bits per heavy atom. The van der Waals surface area contributed by atoms with Gasteiger partial charge in [-0.05, 0) is 51.8 Å². The van der Waals surface area contributed by atoms with Crippen LogP contribution in [0.1, 0.15) is 164 Å². The Labute approximate surface area is 462 Å². The summed E-state index contributed by atoms with van der Waals surface area (Å²) < 4.78 is 76.0. The summed E-state index contributed by atoms with van der Waals surface area (Å²) in [7, 11) is 0. The van der Waals surface area contributed by atoms with Gasteiger partial charge in [0, 0.05) is 48.5 Å². The molecule has 2 aliphatic rings. The van der Waals surface area contributed by atoms with Crippen LogP contribution in [0.15, 0.2) is 42.5 Å². The summed E-state index contributed by atoms with van der Waals surface area (Å²) in [5.74, 6) is -7.08. The monoisotopic (exact) mass is 1120 g/mol. The van der Waals surface area contributed by atoms with Gasteiger partial charge in [0.15, 0.2) is 43.1 Å². The first-order valence-electron chi connectivity index (χ1n) is 27.0. The van der Waals surface area contributed by atoms with Gasteiger partial charge >= 0.3 is 53.8 Å². The Morgan fingerprint density at radius 3 is 1.49 bits per heavy atom. The second-order valence-electron chi connectivity index (χ2n) is 20.2. The summed E-state index contributed by atoms with van der Waals surface area (Å²) in [5, 5.41) is 2.74. The van der Waals surface area contributed by atoms with E-state index in [0.29, 0.717) is 6.42 Å². The second-order valence-corrected chi connectivity index (χ2v) is 20.2. The fraction of sp³-hybridized carbons (Fsp3) is 0.696. The second kappa shape index (κ2) is 34.8. The third kappa shape index (κ3) is 25.7. The molecule has 2 saturated heterocycles. The van der Waals surface area contributed by atoms with Gasteiger partial charge < -0.3 is 66.9 Å². The van der Waals surface area contributed by atoms with E-state index in [1.165, 1.54) is 44.9 Å². The highest BCUT2D eigenvalue weighted by Crippen LogP contribution is 2.36. The van der Waals surface area contributed by atoms with Gasteiger partial charge in [-0.1, -0.05) is 95.4 Å². The minimum Gasteiger partial charge on any atom is -0.463 e. The summed E-state index contributed by atoms with van der Waals surface area (Å²) in [5.41, 5.74) is -0.787. The van der Waals surface area contributed by atoms with Crippen LogP contribution in [0.25, 0.3) is 0 Å². The predicted molar refractivity (Wildman–Crippen MR) is 278 cm³/mol. The molecule has 0 spiro atoms. The van der Waals surface area contributed by atoms with Gasteiger partial charge in [0.25, 0.3) is 0 Å². The average Bonchev–Trinajstić information content (AvgIpc) is 3.42. The van der Waals surface area contributed by atoms with E-state index in [1.807, 2.05) is 6.08 Å². The van der Waals surface area contributed by atoms with Crippen molar-refractivity contribution in [3.63, 3.8) is 0 Å². The molecule has 23 nitrogen and oxygen atoms in total. The molecule has 1 aromatic rings. The maximum atomic E-state index is 13.8. The van der Waals surface area contributed by atoms with Gasteiger partial charge in [0.2, 0.25) is 0 Å². The number of unbranched alkanes of at least 4 members (excludes halogenated alkanes) is 11. The first-order chi connectivity index (χ1) is 37.4. The molecular weight excluding hydrogens is 1040 g/mol. The van der Waals surface area contributed by atoms with E-state index in [4.69, 9.17) is 61.6 Å². The molecule has 0 bridgehead atoms. The molecule has 0 saturated carbocycles. The normalized spacial score (nSPS) is 23.7. The molecule has 3 rings (SSSR count). The van der Waals surface area contributed by atoms with Crippen LogP contribution in [-0.2, 0) is 95.1 Å². The highest BCUT2D eigenvalue weighted by Gasteiger charge is 2.58. The lowest BCUT2D eigenvalue weighted by molar-refractivity contribution is -0.361. The molecule has 0 aromatic heterocycles. The van der Waals surface area contributed by atoms with Crippen LogP contribution in [-0.4, -0.2) is 153 Å². The van der Waals surface area contributed by atoms with Crippen LogP contribution in [0.5, 0.6) is 0 Å². The number of ether oxygens (including phenoxy) is 13. The van der Waals surface area contributed by atoms with Crippen LogP contribution in [0.4, 0.5) is 4.79 Å². The molecule has 1 N–H and O–H groups in total. The van der Waals surface area contributed by atoms with Crippen LogP contribution in [0.2, 0.25) is 0 Å². The van der Waals surface area contributed by atoms with Gasteiger partial charge in [0.05, 0.1) is 18.2 Å². The van der Waals surface area contributed by atoms with Crippen molar-refractivity contribution in [2.75, 3.05) is 19.8 Å². The van der Waals surface area contributed by atoms with Gasteiger partial charge in [-0.25, -0.2) is 9.59 Å². The summed E-state index contributed by atoms with van der Waals surface area (Å²) in [4.78, 5) is 116. The first kappa shape index (κ1) is 67.1. The molecule has 2 heterocycles. The lowest BCUT2D eigenvalue weighted by Gasteiger charge is -2.48. The minimum atomic E-state index is -1.91. The molecule has 444 valence electrons. The lowest BCUT2D eigenvalue weighted by Crippen LogP contribution is -2.67. The number of rotatable bonds is 31. The highest BCUT2D eigenvalue weighted by atomic mass is 16.8. The van der Waals surface area contributed by atoms with Crippen molar-refractivity contribution >= 4 is 53.8 Å². The zero-order valence-corrected chi connectivity index (χ0v) is 47.6. The smallest absolute Gasteiger partial charge is 0.408 e. The van der Waals surface area contributed by atoms with E-state index in [2.05, 4.69) is 12.2 Å². The Balaban J connectivity index is 2.12. The van der Waals surface area contributed by atoms with E-state index in [0.717, 1.165) is 74.1 Å². The van der Waals surface area contributed by atoms with Crippen molar-refractivity contribution in [2.45, 2.75) is 232 Å². The van der Waals surface area contributed by atoms with Crippen molar-refractivity contribution < 1.29 is 105 Å². The number of hydrogen-bond donors (Lipinski definition) is 1. The van der Waals surface area contributed by atoms with E-state index in [1.54, 1.807) is 57.2 Å². The van der Waals surface area contributed by atoms with Crippen LogP contribution < -0.4 is 5.32 Å². The number of carbonyl (C=O) groups is 9. The molecule has 0 unspecified atom stereocenters. The summed E-state index contributed by atoms with van der Waals surface area (Å²) in [6.07, 6.45) is -2.72. The quantitative estimate of drug-likeness (QED) is 0.0339. The maximum absolute atomic E-state index is 13.8. The third-order valence-electron chi connectivity index (χ3n) is 12.0. The van der Waals surface area contributed by atoms with E-state index in [-0.39, 0.29) is 5.56 Å². The van der Waals surface area contributed by atoms with Crippen molar-refractivity contribution in [3.8, 4) is 0 Å². The van der Waals surface area contributed by atoms with Crippen molar-refractivity contribution in [2.24, 2.45) is 0 Å². The Morgan fingerprint density at radius 2 is 1.00 bits per heavy atom. The number of alkyl carbamates (subject to hydrolysis) is 1. The number of nitrogens with one attached hydrogen (secondary N) is 1. The SMILES string of the molecule is CCCCCCCCCCCCC/C=C/[C@@H](OC(=O)c1ccccc1)[C@H](CO[C@@H]1O[C@H](COC(C)=O)[C@@H](O[C@@H]2O[C@H](COC(C)=O)[C@H](OC(C)=O)[C@H](OC(C)=O)[C@H]2OC(C)=O)[C@H](OC(C)=O)[C@H]1OC(C)=O)NC(=O)OC(C)(C)C. The molecule has 79 heavy (non-hydrogen) atoms. The molecule has 0 aliphatic carbocycles. The third-order valence-corrected chi connectivity index (χ3v) is 12.0. The number of amides is 1. The number of allylic oxidation sites excluding steroid dienone is 1. The molecule has 12 atom stereocenters. The van der Waals surface area contributed by atoms with Crippen molar-refractivity contribution in [1.29, 1.82) is 0 Å². The minimum absolute atomic E-state index is 0.203. The fourth-order valence-corrected chi connectivity index (χ4v) is 8.66. The molecule has 2 fully saturated rings. The zero-order valence-electron chi connectivity index (χ0n) is 47.6. The van der Waals surface area contributed by atoms with E-state index < -0.39 is 153 Å². The van der Waals surface area contributed by atoms with E-state index in [9.17, 15) is 43.2 Å². The van der Waals surface area contributed by atoms with Crippen LogP contribution in [0.3, 0.4) is 0 Å². The Kier molecular flexibility index (Phi) is 29.5. The molecule has 23 heteroatoms. The first-order valence-corrected chi connectivity index (χ1v) is 27.0. The van der Waals surface area contributed by atoms with Crippen molar-refractivity contribution in [3.05, 3.63) is 48.0 Å². The Bertz CT molecular complexity index is 2140. The van der Waals surface area contributed by atoms with Gasteiger partial charge in [-0.2, -0.15) is 0 Å². The largest absolute Gasteiger partial charge is 0.463 e. The average molecular weight is 1120 g/mol. The predicted octanol–water partition coefficient (Wildman–Crippen LogP) is 7.00.